The van der Waals surface area contributed by atoms with Gasteiger partial charge in [-0.1, -0.05) is 18.2 Å². The Morgan fingerprint density at radius 2 is 2.04 bits per heavy atom. The van der Waals surface area contributed by atoms with Gasteiger partial charge in [0.1, 0.15) is 5.75 Å². The molecule has 7 heteroatoms. The van der Waals surface area contributed by atoms with E-state index in [4.69, 9.17) is 4.74 Å². The van der Waals surface area contributed by atoms with E-state index in [9.17, 15) is 0 Å². The molecule has 0 aliphatic heterocycles. The summed E-state index contributed by atoms with van der Waals surface area (Å²) in [6.45, 7) is 2.15. The van der Waals surface area contributed by atoms with Crippen LogP contribution in [0, 0.1) is 5.92 Å². The second-order valence-corrected chi connectivity index (χ2v) is 5.72. The zero-order valence-electron chi connectivity index (χ0n) is 13.8. The molecule has 1 heterocycles. The fourth-order valence-electron chi connectivity index (χ4n) is 2.24. The second kappa shape index (κ2) is 9.51. The van der Waals surface area contributed by atoms with Gasteiger partial charge >= 0.3 is 0 Å². The molecule has 24 heavy (non-hydrogen) atoms. The van der Waals surface area contributed by atoms with Crippen LogP contribution in [0.4, 0.5) is 0 Å². The molecule has 1 aromatic heterocycles. The Morgan fingerprint density at radius 1 is 1.25 bits per heavy atom. The minimum atomic E-state index is 0. The molecule has 0 unspecified atom stereocenters. The first-order valence-electron chi connectivity index (χ1n) is 7.98. The molecule has 0 spiro atoms. The molecule has 1 aliphatic carbocycles. The molecule has 6 nitrogen and oxygen atoms in total. The second-order valence-electron chi connectivity index (χ2n) is 5.72. The number of ether oxygens (including phenoxy) is 1. The van der Waals surface area contributed by atoms with Gasteiger partial charge in [0.2, 0.25) is 0 Å². The average Bonchev–Trinajstić information content (AvgIpc) is 3.27. The van der Waals surface area contributed by atoms with E-state index in [1.54, 1.807) is 13.2 Å². The van der Waals surface area contributed by atoms with Gasteiger partial charge in [0, 0.05) is 25.4 Å². The van der Waals surface area contributed by atoms with Crippen molar-refractivity contribution in [2.75, 3.05) is 13.7 Å². The van der Waals surface area contributed by atoms with Crippen LogP contribution in [0.25, 0.3) is 0 Å². The number of nitrogens with one attached hydrogen (secondary N) is 3. The van der Waals surface area contributed by atoms with E-state index in [-0.39, 0.29) is 24.0 Å². The highest BCUT2D eigenvalue weighted by Gasteiger charge is 2.22. The number of rotatable bonds is 7. The number of hydrogen-bond acceptors (Lipinski definition) is 3. The molecule has 0 bridgehead atoms. The highest BCUT2D eigenvalue weighted by molar-refractivity contribution is 14.0. The number of benzene rings is 1. The summed E-state index contributed by atoms with van der Waals surface area (Å²) in [6.07, 6.45) is 4.33. The number of para-hydroxylation sites is 1. The average molecular weight is 441 g/mol. The monoisotopic (exact) mass is 441 g/mol. The number of aromatic amines is 1. The van der Waals surface area contributed by atoms with Gasteiger partial charge in [-0.2, -0.15) is 5.10 Å². The Bertz CT molecular complexity index is 640. The van der Waals surface area contributed by atoms with Crippen LogP contribution >= 0.6 is 24.0 Å². The summed E-state index contributed by atoms with van der Waals surface area (Å²) in [5.74, 6) is 2.45. The maximum atomic E-state index is 5.93. The fourth-order valence-corrected chi connectivity index (χ4v) is 2.24. The Hall–Kier alpha value is -1.77. The van der Waals surface area contributed by atoms with E-state index >= 15 is 0 Å². The SMILES string of the molecule is CN=C(NCc1ccn[nH]1)NCc1ccccc1OCC1CC1.I. The summed E-state index contributed by atoms with van der Waals surface area (Å²) in [5.41, 5.74) is 2.15. The van der Waals surface area contributed by atoms with Crippen LogP contribution in [0.3, 0.4) is 0 Å². The normalized spacial score (nSPS) is 14.0. The lowest BCUT2D eigenvalue weighted by molar-refractivity contribution is 0.296. The third-order valence-corrected chi connectivity index (χ3v) is 3.82. The zero-order valence-corrected chi connectivity index (χ0v) is 16.1. The third kappa shape index (κ3) is 5.70. The van der Waals surface area contributed by atoms with Crippen molar-refractivity contribution in [3.8, 4) is 5.75 Å². The first-order valence-corrected chi connectivity index (χ1v) is 7.98. The molecule has 1 aromatic carbocycles. The van der Waals surface area contributed by atoms with Crippen molar-refractivity contribution in [1.82, 2.24) is 20.8 Å². The Morgan fingerprint density at radius 3 is 2.75 bits per heavy atom. The van der Waals surface area contributed by atoms with Crippen LogP contribution in [-0.2, 0) is 13.1 Å². The third-order valence-electron chi connectivity index (χ3n) is 3.82. The quantitative estimate of drug-likeness (QED) is 0.351. The van der Waals surface area contributed by atoms with Gasteiger partial charge < -0.3 is 15.4 Å². The maximum Gasteiger partial charge on any atom is 0.191 e. The number of nitrogens with zero attached hydrogens (tertiary/aromatic N) is 2. The number of aromatic nitrogens is 2. The van der Waals surface area contributed by atoms with Crippen LogP contribution in [-0.4, -0.2) is 29.8 Å². The lowest BCUT2D eigenvalue weighted by Gasteiger charge is -2.14. The van der Waals surface area contributed by atoms with Gasteiger partial charge in [-0.15, -0.1) is 24.0 Å². The summed E-state index contributed by atoms with van der Waals surface area (Å²) in [5, 5.41) is 13.4. The summed E-state index contributed by atoms with van der Waals surface area (Å²) in [6, 6.07) is 10.1. The molecule has 0 saturated heterocycles. The Labute approximate surface area is 159 Å². The van der Waals surface area contributed by atoms with Crippen LogP contribution in [0.1, 0.15) is 24.1 Å². The molecule has 3 rings (SSSR count). The van der Waals surface area contributed by atoms with Crippen molar-refractivity contribution >= 4 is 29.9 Å². The number of H-pyrrole nitrogens is 1. The highest BCUT2D eigenvalue weighted by atomic mass is 127. The van der Waals surface area contributed by atoms with Crippen molar-refractivity contribution in [2.24, 2.45) is 10.9 Å². The van der Waals surface area contributed by atoms with Gasteiger partial charge in [0.05, 0.1) is 18.8 Å². The molecular formula is C17H24IN5O. The number of aliphatic imine (C=N–C) groups is 1. The molecule has 0 radical (unpaired) electrons. The first kappa shape index (κ1) is 18.6. The molecule has 1 saturated carbocycles. The zero-order chi connectivity index (χ0) is 15.9. The minimum Gasteiger partial charge on any atom is -0.493 e. The maximum absolute atomic E-state index is 5.93. The summed E-state index contributed by atoms with van der Waals surface area (Å²) in [4.78, 5) is 4.24. The molecule has 0 amide bonds. The molecule has 130 valence electrons. The van der Waals surface area contributed by atoms with Crippen molar-refractivity contribution in [2.45, 2.75) is 25.9 Å². The number of hydrogen-bond donors (Lipinski definition) is 3. The first-order chi connectivity index (χ1) is 11.3. The van der Waals surface area contributed by atoms with Crippen molar-refractivity contribution in [1.29, 1.82) is 0 Å². The summed E-state index contributed by atoms with van der Waals surface area (Å²) >= 11 is 0. The topological polar surface area (TPSA) is 74.3 Å². The number of halogens is 1. The van der Waals surface area contributed by atoms with E-state index in [1.165, 1.54) is 12.8 Å². The van der Waals surface area contributed by atoms with Crippen LogP contribution in [0.5, 0.6) is 5.75 Å². The molecule has 0 atom stereocenters. The van der Waals surface area contributed by atoms with Gasteiger partial charge in [-0.25, -0.2) is 0 Å². The van der Waals surface area contributed by atoms with Crippen LogP contribution in [0.15, 0.2) is 41.5 Å². The fraction of sp³-hybridized carbons (Fsp3) is 0.412. The van der Waals surface area contributed by atoms with Crippen molar-refractivity contribution in [3.05, 3.63) is 47.8 Å². The lowest BCUT2D eigenvalue weighted by atomic mass is 10.2. The van der Waals surface area contributed by atoms with Gasteiger partial charge in [0.15, 0.2) is 5.96 Å². The Balaban J connectivity index is 0.00000208. The van der Waals surface area contributed by atoms with E-state index < -0.39 is 0 Å². The Kier molecular flexibility index (Phi) is 7.36. The van der Waals surface area contributed by atoms with Crippen LogP contribution < -0.4 is 15.4 Å². The van der Waals surface area contributed by atoms with E-state index in [2.05, 4.69) is 31.9 Å². The number of guanidine groups is 1. The highest BCUT2D eigenvalue weighted by Crippen LogP contribution is 2.30. The van der Waals surface area contributed by atoms with Gasteiger partial charge in [0.25, 0.3) is 0 Å². The van der Waals surface area contributed by atoms with E-state index in [0.717, 1.165) is 35.5 Å². The molecule has 1 fully saturated rings. The van der Waals surface area contributed by atoms with E-state index in [1.807, 2.05) is 24.3 Å². The lowest BCUT2D eigenvalue weighted by Crippen LogP contribution is -2.36. The standard InChI is InChI=1S/C17H23N5O.HI/c1-18-17(20-11-15-8-9-21-22-15)19-10-14-4-2-3-5-16(14)23-12-13-6-7-13;/h2-5,8-9,13H,6-7,10-12H2,1H3,(H,21,22)(H2,18,19,20);1H. The van der Waals surface area contributed by atoms with Gasteiger partial charge in [-0.05, 0) is 30.9 Å². The van der Waals surface area contributed by atoms with Crippen LogP contribution in [0.2, 0.25) is 0 Å². The van der Waals surface area contributed by atoms with Crippen molar-refractivity contribution in [3.63, 3.8) is 0 Å². The van der Waals surface area contributed by atoms with E-state index in [0.29, 0.717) is 13.1 Å². The smallest absolute Gasteiger partial charge is 0.191 e. The molecule has 2 aromatic rings. The molecule has 3 N–H and O–H groups in total. The molecule has 1 aliphatic rings. The predicted molar refractivity (Wildman–Crippen MR) is 106 cm³/mol. The summed E-state index contributed by atoms with van der Waals surface area (Å²) in [7, 11) is 1.76. The summed E-state index contributed by atoms with van der Waals surface area (Å²) < 4.78 is 5.93. The largest absolute Gasteiger partial charge is 0.493 e. The van der Waals surface area contributed by atoms with Crippen molar-refractivity contribution < 1.29 is 4.74 Å². The van der Waals surface area contributed by atoms with Gasteiger partial charge in [-0.3, -0.25) is 10.1 Å². The molecular weight excluding hydrogens is 417 g/mol. The minimum absolute atomic E-state index is 0. The predicted octanol–water partition coefficient (Wildman–Crippen LogP) is 2.68.